The molecule has 0 bridgehead atoms. The van der Waals surface area contributed by atoms with Crippen LogP contribution in [0.1, 0.15) is 25.5 Å². The number of aryl methyl sites for hydroxylation is 1. The molecule has 0 N–H and O–H groups in total. The Bertz CT molecular complexity index is 672. The summed E-state index contributed by atoms with van der Waals surface area (Å²) in [6, 6.07) is 13.9. The van der Waals surface area contributed by atoms with Crippen molar-refractivity contribution in [3.05, 3.63) is 48.2 Å². The first kappa shape index (κ1) is 16.4. The first-order valence-electron chi connectivity index (χ1n) is 8.60. The number of aromatic nitrogens is 2. The molecule has 2 aromatic rings. The lowest BCUT2D eigenvalue weighted by Gasteiger charge is -2.35. The van der Waals surface area contributed by atoms with Gasteiger partial charge in [0.1, 0.15) is 0 Å². The average Bonchev–Trinajstić information content (AvgIpc) is 2.64. The standard InChI is InChI=1S/C19H24N4O/c1-3-23(17-9-5-4-6-10-17)19(24)16-8-7-13-22(14-16)18-12-11-15(2)20-21-18/h4-6,9-12,16H,3,7-8,13-14H2,1-2H3. The Kier molecular flexibility index (Phi) is 5.08. The van der Waals surface area contributed by atoms with Gasteiger partial charge in [0.05, 0.1) is 11.6 Å². The van der Waals surface area contributed by atoms with Crippen molar-refractivity contribution in [2.75, 3.05) is 29.4 Å². The van der Waals surface area contributed by atoms with Crippen LogP contribution in [0.4, 0.5) is 11.5 Å². The minimum absolute atomic E-state index is 0.00186. The normalized spacial score (nSPS) is 17.6. The molecule has 1 unspecified atom stereocenters. The Morgan fingerprint density at radius 2 is 2.00 bits per heavy atom. The molecule has 5 nitrogen and oxygen atoms in total. The zero-order valence-corrected chi connectivity index (χ0v) is 14.4. The lowest BCUT2D eigenvalue weighted by atomic mass is 9.96. The van der Waals surface area contributed by atoms with E-state index in [1.165, 1.54) is 0 Å². The largest absolute Gasteiger partial charge is 0.354 e. The van der Waals surface area contributed by atoms with Gasteiger partial charge in [0.2, 0.25) is 5.91 Å². The molecule has 126 valence electrons. The van der Waals surface area contributed by atoms with Gasteiger partial charge >= 0.3 is 0 Å². The number of benzene rings is 1. The van der Waals surface area contributed by atoms with Crippen LogP contribution in [-0.4, -0.2) is 35.7 Å². The molecule has 0 aliphatic carbocycles. The summed E-state index contributed by atoms with van der Waals surface area (Å²) in [4.78, 5) is 17.1. The third-order valence-electron chi connectivity index (χ3n) is 4.53. The Hall–Kier alpha value is -2.43. The van der Waals surface area contributed by atoms with Gasteiger partial charge in [-0.2, -0.15) is 5.10 Å². The minimum atomic E-state index is 0.00186. The highest BCUT2D eigenvalue weighted by molar-refractivity contribution is 5.95. The molecule has 0 spiro atoms. The molecule has 1 aromatic heterocycles. The van der Waals surface area contributed by atoms with Crippen molar-refractivity contribution >= 4 is 17.4 Å². The van der Waals surface area contributed by atoms with E-state index in [-0.39, 0.29) is 11.8 Å². The number of amides is 1. The third kappa shape index (κ3) is 3.55. The van der Waals surface area contributed by atoms with E-state index in [1.54, 1.807) is 0 Å². The van der Waals surface area contributed by atoms with Crippen LogP contribution < -0.4 is 9.80 Å². The van der Waals surface area contributed by atoms with Gasteiger partial charge in [0.25, 0.3) is 0 Å². The summed E-state index contributed by atoms with van der Waals surface area (Å²) in [7, 11) is 0. The van der Waals surface area contributed by atoms with E-state index in [4.69, 9.17) is 0 Å². The fourth-order valence-corrected chi connectivity index (χ4v) is 3.24. The molecular formula is C19H24N4O. The van der Waals surface area contributed by atoms with Gasteiger partial charge in [0.15, 0.2) is 5.82 Å². The predicted molar refractivity (Wildman–Crippen MR) is 96.2 cm³/mol. The highest BCUT2D eigenvalue weighted by Crippen LogP contribution is 2.25. The monoisotopic (exact) mass is 324 g/mol. The van der Waals surface area contributed by atoms with Gasteiger partial charge in [-0.1, -0.05) is 18.2 Å². The Balaban J connectivity index is 1.73. The lowest BCUT2D eigenvalue weighted by molar-refractivity contribution is -0.122. The van der Waals surface area contributed by atoms with Gasteiger partial charge in [-0.3, -0.25) is 4.79 Å². The summed E-state index contributed by atoms with van der Waals surface area (Å²) >= 11 is 0. The summed E-state index contributed by atoms with van der Waals surface area (Å²) in [5, 5.41) is 8.41. The van der Waals surface area contributed by atoms with Gasteiger partial charge in [-0.05, 0) is 51.0 Å². The molecule has 1 aromatic carbocycles. The average molecular weight is 324 g/mol. The number of nitrogens with zero attached hydrogens (tertiary/aromatic N) is 4. The molecule has 1 amide bonds. The first-order chi connectivity index (χ1) is 11.7. The molecule has 1 saturated heterocycles. The van der Waals surface area contributed by atoms with Crippen LogP contribution in [0.5, 0.6) is 0 Å². The molecule has 5 heteroatoms. The number of anilines is 2. The van der Waals surface area contributed by atoms with E-state index in [1.807, 2.05) is 61.2 Å². The molecule has 2 heterocycles. The molecule has 1 fully saturated rings. The molecule has 1 aliphatic rings. The summed E-state index contributed by atoms with van der Waals surface area (Å²) in [5.41, 5.74) is 1.88. The molecule has 0 saturated carbocycles. The van der Waals surface area contributed by atoms with E-state index >= 15 is 0 Å². The highest BCUT2D eigenvalue weighted by Gasteiger charge is 2.30. The van der Waals surface area contributed by atoms with Crippen molar-refractivity contribution < 1.29 is 4.79 Å². The fourth-order valence-electron chi connectivity index (χ4n) is 3.24. The zero-order valence-electron chi connectivity index (χ0n) is 14.4. The van der Waals surface area contributed by atoms with Gasteiger partial charge in [-0.15, -0.1) is 5.10 Å². The van der Waals surface area contributed by atoms with Crippen molar-refractivity contribution in [2.45, 2.75) is 26.7 Å². The zero-order chi connectivity index (χ0) is 16.9. The minimum Gasteiger partial charge on any atom is -0.354 e. The molecule has 1 aliphatic heterocycles. The van der Waals surface area contributed by atoms with Crippen LogP contribution in [-0.2, 0) is 4.79 Å². The van der Waals surface area contributed by atoms with Gasteiger partial charge in [-0.25, -0.2) is 0 Å². The summed E-state index contributed by atoms with van der Waals surface area (Å²) in [6.45, 7) is 6.28. The van der Waals surface area contributed by atoms with E-state index in [0.29, 0.717) is 13.1 Å². The van der Waals surface area contributed by atoms with E-state index < -0.39 is 0 Å². The number of carbonyl (C=O) groups excluding carboxylic acids is 1. The number of carbonyl (C=O) groups is 1. The molecular weight excluding hydrogens is 300 g/mol. The van der Waals surface area contributed by atoms with Crippen LogP contribution in [0, 0.1) is 12.8 Å². The van der Waals surface area contributed by atoms with E-state index in [2.05, 4.69) is 15.1 Å². The van der Waals surface area contributed by atoms with E-state index in [0.717, 1.165) is 36.6 Å². The van der Waals surface area contributed by atoms with Crippen LogP contribution in [0.2, 0.25) is 0 Å². The number of para-hydroxylation sites is 1. The van der Waals surface area contributed by atoms with Gasteiger partial charge < -0.3 is 9.80 Å². The van der Waals surface area contributed by atoms with Crippen molar-refractivity contribution in [3.8, 4) is 0 Å². The highest BCUT2D eigenvalue weighted by atomic mass is 16.2. The van der Waals surface area contributed by atoms with E-state index in [9.17, 15) is 4.79 Å². The Morgan fingerprint density at radius 1 is 1.21 bits per heavy atom. The van der Waals surface area contributed by atoms with Crippen LogP contribution in [0.25, 0.3) is 0 Å². The summed E-state index contributed by atoms with van der Waals surface area (Å²) in [5.74, 6) is 1.07. The third-order valence-corrected chi connectivity index (χ3v) is 4.53. The maximum absolute atomic E-state index is 13.0. The number of hydrogen-bond acceptors (Lipinski definition) is 4. The van der Waals surface area contributed by atoms with Crippen molar-refractivity contribution in [1.29, 1.82) is 0 Å². The summed E-state index contributed by atoms with van der Waals surface area (Å²) in [6.07, 6.45) is 1.93. The smallest absolute Gasteiger partial charge is 0.231 e. The second kappa shape index (κ2) is 7.43. The summed E-state index contributed by atoms with van der Waals surface area (Å²) < 4.78 is 0. The maximum Gasteiger partial charge on any atom is 0.231 e. The lowest BCUT2D eigenvalue weighted by Crippen LogP contribution is -2.45. The fraction of sp³-hybridized carbons (Fsp3) is 0.421. The molecule has 0 radical (unpaired) electrons. The predicted octanol–water partition coefficient (Wildman–Crippen LogP) is 3.05. The number of hydrogen-bond donors (Lipinski definition) is 0. The number of piperidine rings is 1. The topological polar surface area (TPSA) is 49.3 Å². The van der Waals surface area contributed by atoms with Crippen molar-refractivity contribution in [2.24, 2.45) is 5.92 Å². The Labute approximate surface area is 143 Å². The molecule has 3 rings (SSSR count). The van der Waals surface area contributed by atoms with Crippen molar-refractivity contribution in [1.82, 2.24) is 10.2 Å². The SMILES string of the molecule is CCN(C(=O)C1CCCN(c2ccc(C)nn2)C1)c1ccccc1. The van der Waals surface area contributed by atoms with Crippen LogP contribution in [0.3, 0.4) is 0 Å². The van der Waals surface area contributed by atoms with Crippen LogP contribution in [0.15, 0.2) is 42.5 Å². The van der Waals surface area contributed by atoms with Gasteiger partial charge in [0, 0.05) is 25.3 Å². The quantitative estimate of drug-likeness (QED) is 0.867. The molecule has 1 atom stereocenters. The first-order valence-corrected chi connectivity index (χ1v) is 8.60. The molecule has 24 heavy (non-hydrogen) atoms. The van der Waals surface area contributed by atoms with Crippen LogP contribution >= 0.6 is 0 Å². The number of rotatable bonds is 4. The maximum atomic E-state index is 13.0. The second-order valence-electron chi connectivity index (χ2n) is 6.24. The van der Waals surface area contributed by atoms with Crippen molar-refractivity contribution in [3.63, 3.8) is 0 Å². The Morgan fingerprint density at radius 3 is 2.67 bits per heavy atom. The second-order valence-corrected chi connectivity index (χ2v) is 6.24.